The number of esters is 3. The van der Waals surface area contributed by atoms with Crippen LogP contribution in [0, 0.1) is 0 Å². The number of aliphatic hydroxyl groups excluding tert-OH is 2. The Kier molecular flexibility index (Phi) is 87.0. The number of ether oxygens (including phenoxy) is 3. The van der Waals surface area contributed by atoms with Gasteiger partial charge in [0.25, 0.3) is 0 Å². The van der Waals surface area contributed by atoms with Crippen molar-refractivity contribution in [3.8, 4) is 0 Å². The number of hydrogen-bond donors (Lipinski definition) is 4. The summed E-state index contributed by atoms with van der Waals surface area (Å²) in [5.74, 6) is -1.55. The highest BCUT2D eigenvalue weighted by Gasteiger charge is 2.30. The Morgan fingerprint density at radius 2 is 0.435 bits per heavy atom. The minimum Gasteiger partial charge on any atom is -0.463 e. The fourth-order valence-corrected chi connectivity index (χ4v) is 15.1. The van der Waals surface area contributed by atoms with Crippen LogP contribution in [0.1, 0.15) is 445 Å². The Morgan fingerprint density at radius 1 is 0.243 bits per heavy atom. The predicted octanol–water partition coefficient (Wildman–Crippen LogP) is 29.2. The van der Waals surface area contributed by atoms with Crippen LogP contribution in [0.3, 0.4) is 0 Å². The zero-order valence-corrected chi connectivity index (χ0v) is 75.8. The SMILES string of the molecule is CCCCC/C=C\C/C=C\C/C=C\C/C=C\CCCCCCCCCCCCCCCCCCCCCC(=O)OCC(O)COP(=O)(O)OCC(O)COP(=O)(O)OCC(COC(=O)CCCCCCCCCCCCCCCCC/C=C\C/C=C\C/C=C\C/C=C\CCCCC)OC(=O)CCCCCCCCCCCCCCC. The molecule has 16 nitrogen and oxygen atoms in total. The maximum Gasteiger partial charge on any atom is 0.472 e. The Hall–Kier alpha value is -3.53. The molecule has 0 aromatic carbocycles. The highest BCUT2D eigenvalue weighted by Crippen LogP contribution is 2.45. The lowest BCUT2D eigenvalue weighted by Crippen LogP contribution is -2.30. The summed E-state index contributed by atoms with van der Waals surface area (Å²) in [6, 6.07) is 0. The molecule has 0 spiro atoms. The Morgan fingerprint density at radius 3 is 0.704 bits per heavy atom. The summed E-state index contributed by atoms with van der Waals surface area (Å²) < 4.78 is 61.4. The molecule has 5 atom stereocenters. The van der Waals surface area contributed by atoms with Crippen LogP contribution < -0.4 is 0 Å². The van der Waals surface area contributed by atoms with Crippen LogP contribution in [0.4, 0.5) is 0 Å². The topological polar surface area (TPSA) is 231 Å². The molecule has 0 bridgehead atoms. The van der Waals surface area contributed by atoms with Crippen LogP contribution in [-0.2, 0) is 55.8 Å². The van der Waals surface area contributed by atoms with E-state index in [4.69, 9.17) is 32.3 Å². The second-order valence-electron chi connectivity index (χ2n) is 32.2. The molecule has 0 heterocycles. The molecule has 0 radical (unpaired) electrons. The molecule has 18 heteroatoms. The number of carbonyl (C=O) groups excluding carboxylic acids is 3. The Labute approximate surface area is 705 Å². The largest absolute Gasteiger partial charge is 0.472 e. The minimum absolute atomic E-state index is 0.111. The molecule has 0 aliphatic carbocycles. The zero-order chi connectivity index (χ0) is 83.6. The maximum atomic E-state index is 13.0. The summed E-state index contributed by atoms with van der Waals surface area (Å²) in [6.07, 6.45) is 108. The van der Waals surface area contributed by atoms with Gasteiger partial charge >= 0.3 is 33.6 Å². The summed E-state index contributed by atoms with van der Waals surface area (Å²) in [5.41, 5.74) is 0. The number of phosphoric ester groups is 2. The van der Waals surface area contributed by atoms with Crippen molar-refractivity contribution in [1.82, 2.24) is 0 Å². The second kappa shape index (κ2) is 89.7. The third-order valence-corrected chi connectivity index (χ3v) is 22.7. The Balaban J connectivity index is 4.35. The van der Waals surface area contributed by atoms with Crippen LogP contribution >= 0.6 is 15.6 Å². The van der Waals surface area contributed by atoms with Gasteiger partial charge in [0.15, 0.2) is 6.10 Å². The standard InChI is InChI=1S/C97H176O16P2/c1-4-7-10-13-16-19-22-25-27-29-31-33-35-37-39-41-43-44-45-46-48-50-51-53-55-57-59-61-63-66-68-71-74-77-80-83-95(100)107-86-92(98)87-109-114(103,104)110-88-93(99)89-111-115(105,106)112-91-94(113-97(102)85-82-79-76-73-70-65-24-21-18-15-12-9-6-3)90-108-96(101)84-81-78-75-72-69-67-64-62-60-58-56-54-52-49-47-42-40-38-36-34-32-30-28-26-23-20-17-14-11-8-5-2/h16-17,19-20,25-28,31-34,37-40,92-94,98-99H,4-15,18,21-24,29-30,35-36,41-91H2,1-3H3,(H,103,104)(H,105,106)/b19-16-,20-17-,27-25-,28-26-,33-31-,34-32-,39-37-,40-38-. The summed E-state index contributed by atoms with van der Waals surface area (Å²) >= 11 is 0. The summed E-state index contributed by atoms with van der Waals surface area (Å²) in [5, 5.41) is 20.7. The van der Waals surface area contributed by atoms with Crippen molar-refractivity contribution in [2.45, 2.75) is 463 Å². The lowest BCUT2D eigenvalue weighted by molar-refractivity contribution is -0.161. The molecule has 670 valence electrons. The van der Waals surface area contributed by atoms with Crippen LogP contribution in [0.25, 0.3) is 0 Å². The Bertz CT molecular complexity index is 2470. The molecule has 0 saturated heterocycles. The van der Waals surface area contributed by atoms with E-state index in [-0.39, 0.29) is 19.3 Å². The van der Waals surface area contributed by atoms with Crippen LogP contribution in [0.15, 0.2) is 97.2 Å². The molecule has 0 aromatic rings. The summed E-state index contributed by atoms with van der Waals surface area (Å²) in [4.78, 5) is 58.9. The number of hydrogen-bond acceptors (Lipinski definition) is 14. The normalized spacial score (nSPS) is 14.2. The molecule has 0 aliphatic heterocycles. The fraction of sp³-hybridized carbons (Fsp3) is 0.804. The van der Waals surface area contributed by atoms with Gasteiger partial charge in [-0.1, -0.05) is 413 Å². The van der Waals surface area contributed by atoms with Gasteiger partial charge in [0.05, 0.1) is 26.4 Å². The maximum absolute atomic E-state index is 13.0. The van der Waals surface area contributed by atoms with Gasteiger partial charge < -0.3 is 34.2 Å². The molecule has 0 rings (SSSR count). The van der Waals surface area contributed by atoms with Crippen molar-refractivity contribution in [3.05, 3.63) is 97.2 Å². The average molecular weight is 1660 g/mol. The molecular weight excluding hydrogens is 1480 g/mol. The first-order valence-corrected chi connectivity index (χ1v) is 50.5. The van der Waals surface area contributed by atoms with E-state index in [2.05, 4.69) is 118 Å². The van der Waals surface area contributed by atoms with E-state index < -0.39 is 91.5 Å². The first-order chi connectivity index (χ1) is 56.2. The number of phosphoric acid groups is 2. The highest BCUT2D eigenvalue weighted by atomic mass is 31.2. The molecule has 0 amide bonds. The van der Waals surface area contributed by atoms with Gasteiger partial charge in [-0.3, -0.25) is 32.5 Å². The van der Waals surface area contributed by atoms with Gasteiger partial charge in [0.1, 0.15) is 25.4 Å². The predicted molar refractivity (Wildman–Crippen MR) is 482 cm³/mol. The van der Waals surface area contributed by atoms with Crippen LogP contribution in [-0.4, -0.2) is 95.9 Å². The third kappa shape index (κ3) is 91.1. The van der Waals surface area contributed by atoms with Gasteiger partial charge in [0, 0.05) is 19.3 Å². The monoisotopic (exact) mass is 1660 g/mol. The van der Waals surface area contributed by atoms with Crippen molar-refractivity contribution in [3.63, 3.8) is 0 Å². The average Bonchev–Trinajstić information content (AvgIpc) is 0.905. The number of aliphatic hydroxyl groups is 2. The summed E-state index contributed by atoms with van der Waals surface area (Å²) in [7, 11) is -9.78. The molecule has 115 heavy (non-hydrogen) atoms. The van der Waals surface area contributed by atoms with E-state index in [0.29, 0.717) is 19.3 Å². The molecule has 5 unspecified atom stereocenters. The van der Waals surface area contributed by atoms with E-state index in [1.807, 2.05) is 0 Å². The smallest absolute Gasteiger partial charge is 0.463 e. The number of rotatable bonds is 91. The molecule has 0 aromatic heterocycles. The van der Waals surface area contributed by atoms with Crippen LogP contribution in [0.2, 0.25) is 0 Å². The first-order valence-electron chi connectivity index (χ1n) is 47.5. The number of allylic oxidation sites excluding steroid dienone is 16. The first kappa shape index (κ1) is 111. The molecule has 0 aliphatic rings. The van der Waals surface area contributed by atoms with E-state index >= 15 is 0 Å². The van der Waals surface area contributed by atoms with Crippen molar-refractivity contribution in [1.29, 1.82) is 0 Å². The number of carbonyl (C=O) groups is 3. The number of unbranched alkanes of at least 4 members (excludes halogenated alkanes) is 52. The third-order valence-electron chi connectivity index (χ3n) is 20.8. The van der Waals surface area contributed by atoms with Crippen molar-refractivity contribution in [2.75, 3.05) is 39.6 Å². The lowest BCUT2D eigenvalue weighted by atomic mass is 10.0. The quantitative estimate of drug-likeness (QED) is 0.0146. The zero-order valence-electron chi connectivity index (χ0n) is 74.0. The van der Waals surface area contributed by atoms with Gasteiger partial charge in [-0.15, -0.1) is 0 Å². The van der Waals surface area contributed by atoms with Crippen LogP contribution in [0.5, 0.6) is 0 Å². The van der Waals surface area contributed by atoms with Gasteiger partial charge in [-0.25, -0.2) is 9.13 Å². The highest BCUT2D eigenvalue weighted by molar-refractivity contribution is 7.47. The molecule has 4 N–H and O–H groups in total. The second-order valence-corrected chi connectivity index (χ2v) is 35.1. The van der Waals surface area contributed by atoms with E-state index in [9.17, 15) is 43.5 Å². The van der Waals surface area contributed by atoms with Gasteiger partial charge in [-0.2, -0.15) is 0 Å². The van der Waals surface area contributed by atoms with Crippen molar-refractivity contribution < 1.29 is 75.8 Å². The molecule has 0 saturated carbocycles. The van der Waals surface area contributed by atoms with Crippen molar-refractivity contribution in [2.24, 2.45) is 0 Å². The van der Waals surface area contributed by atoms with E-state index in [1.54, 1.807) is 0 Å². The lowest BCUT2D eigenvalue weighted by Gasteiger charge is -2.21. The fourth-order valence-electron chi connectivity index (χ4n) is 13.5. The molecule has 0 fully saturated rings. The summed E-state index contributed by atoms with van der Waals surface area (Å²) in [6.45, 7) is 2.71. The molecular formula is C97H176O16P2. The van der Waals surface area contributed by atoms with E-state index in [1.165, 1.54) is 283 Å². The van der Waals surface area contributed by atoms with Crippen molar-refractivity contribution >= 4 is 33.6 Å². The van der Waals surface area contributed by atoms with Gasteiger partial charge in [-0.05, 0) is 109 Å². The van der Waals surface area contributed by atoms with Gasteiger partial charge in [0.2, 0.25) is 0 Å². The minimum atomic E-state index is -4.93. The van der Waals surface area contributed by atoms with E-state index in [0.717, 1.165) is 103 Å².